The Hall–Kier alpha value is -1.86. The van der Waals surface area contributed by atoms with Crippen molar-refractivity contribution in [1.82, 2.24) is 24.9 Å². The second kappa shape index (κ2) is 9.09. The van der Waals surface area contributed by atoms with Crippen LogP contribution in [0.1, 0.15) is 63.1 Å². The first kappa shape index (κ1) is 19.5. The Morgan fingerprint density at radius 2 is 1.96 bits per heavy atom. The first-order chi connectivity index (χ1) is 13.7. The zero-order chi connectivity index (χ0) is 19.3. The maximum absolute atomic E-state index is 6.04. The van der Waals surface area contributed by atoms with E-state index >= 15 is 0 Å². The van der Waals surface area contributed by atoms with Gasteiger partial charge in [0, 0.05) is 23.0 Å². The normalized spacial score (nSPS) is 13.9. The molecule has 4 rings (SSSR count). The van der Waals surface area contributed by atoms with Crippen molar-refractivity contribution in [3.63, 3.8) is 0 Å². The van der Waals surface area contributed by atoms with E-state index in [1.165, 1.54) is 19.3 Å². The number of aromatic nitrogens is 5. The van der Waals surface area contributed by atoms with Gasteiger partial charge in [-0.3, -0.25) is 0 Å². The minimum Gasteiger partial charge on any atom is -0.339 e. The molecule has 0 spiro atoms. The highest BCUT2D eigenvalue weighted by Gasteiger charge is 2.29. The molecule has 0 aliphatic heterocycles. The standard InChI is InChI=1S/C20H24ClN5OS/c1-2-3-4-5-12-26-18(14-8-10-16(21)11-9-14)23-24-20(26)28-13-17-22-19(27-25-17)15-6-7-15/h8-11,15H,2-7,12-13H2,1H3. The zero-order valence-corrected chi connectivity index (χ0v) is 17.5. The van der Waals surface area contributed by atoms with Crippen molar-refractivity contribution < 1.29 is 4.52 Å². The molecular weight excluding hydrogens is 394 g/mol. The van der Waals surface area contributed by atoms with Gasteiger partial charge in [0.25, 0.3) is 0 Å². The van der Waals surface area contributed by atoms with Gasteiger partial charge in [-0.2, -0.15) is 4.98 Å². The zero-order valence-electron chi connectivity index (χ0n) is 16.0. The lowest BCUT2D eigenvalue weighted by Crippen LogP contribution is -2.03. The molecule has 0 N–H and O–H groups in total. The molecule has 2 heterocycles. The van der Waals surface area contributed by atoms with Gasteiger partial charge in [-0.05, 0) is 43.5 Å². The minimum atomic E-state index is 0.477. The summed E-state index contributed by atoms with van der Waals surface area (Å²) < 4.78 is 7.55. The van der Waals surface area contributed by atoms with E-state index in [0.717, 1.165) is 59.1 Å². The van der Waals surface area contributed by atoms with Crippen LogP contribution < -0.4 is 0 Å². The molecule has 0 saturated heterocycles. The van der Waals surface area contributed by atoms with Crippen LogP contribution in [0.5, 0.6) is 0 Å². The van der Waals surface area contributed by atoms with Crippen molar-refractivity contribution >= 4 is 23.4 Å². The summed E-state index contributed by atoms with van der Waals surface area (Å²) in [5.41, 5.74) is 1.02. The summed E-state index contributed by atoms with van der Waals surface area (Å²) >= 11 is 7.65. The molecule has 0 amide bonds. The van der Waals surface area contributed by atoms with Crippen molar-refractivity contribution in [2.75, 3.05) is 0 Å². The van der Waals surface area contributed by atoms with Gasteiger partial charge in [-0.25, -0.2) is 0 Å². The lowest BCUT2D eigenvalue weighted by atomic mass is 10.2. The molecule has 8 heteroatoms. The molecule has 0 bridgehead atoms. The second-order valence-corrected chi connectivity index (χ2v) is 8.52. The fraction of sp³-hybridized carbons (Fsp3) is 0.500. The maximum Gasteiger partial charge on any atom is 0.229 e. The molecule has 1 aliphatic carbocycles. The highest BCUT2D eigenvalue weighted by Crippen LogP contribution is 2.39. The third-order valence-electron chi connectivity index (χ3n) is 4.80. The summed E-state index contributed by atoms with van der Waals surface area (Å²) in [6.07, 6.45) is 7.09. The average Bonchev–Trinajstić information content (AvgIpc) is 3.31. The van der Waals surface area contributed by atoms with Crippen LogP contribution in [0, 0.1) is 0 Å². The Morgan fingerprint density at radius 3 is 2.71 bits per heavy atom. The lowest BCUT2D eigenvalue weighted by Gasteiger charge is -2.10. The van der Waals surface area contributed by atoms with E-state index in [0.29, 0.717) is 11.7 Å². The predicted molar refractivity (Wildman–Crippen MR) is 110 cm³/mol. The van der Waals surface area contributed by atoms with Crippen LogP contribution in [0.15, 0.2) is 33.9 Å². The number of thioether (sulfide) groups is 1. The Balaban J connectivity index is 1.49. The van der Waals surface area contributed by atoms with E-state index in [1.807, 2.05) is 24.3 Å². The molecule has 0 unspecified atom stereocenters. The van der Waals surface area contributed by atoms with Crippen LogP contribution >= 0.6 is 23.4 Å². The van der Waals surface area contributed by atoms with Crippen LogP contribution in [0.25, 0.3) is 11.4 Å². The first-order valence-corrected chi connectivity index (χ1v) is 11.3. The number of nitrogens with zero attached hydrogens (tertiary/aromatic N) is 5. The Kier molecular flexibility index (Phi) is 6.32. The van der Waals surface area contributed by atoms with Crippen LogP contribution in [-0.2, 0) is 12.3 Å². The topological polar surface area (TPSA) is 69.6 Å². The van der Waals surface area contributed by atoms with Crippen molar-refractivity contribution in [3.05, 3.63) is 41.0 Å². The molecule has 0 atom stereocenters. The molecule has 1 aromatic carbocycles. The number of hydrogen-bond acceptors (Lipinski definition) is 6. The summed E-state index contributed by atoms with van der Waals surface area (Å²) in [5, 5.41) is 14.6. The maximum atomic E-state index is 6.04. The van der Waals surface area contributed by atoms with Gasteiger partial charge in [0.15, 0.2) is 16.8 Å². The number of hydrogen-bond donors (Lipinski definition) is 0. The van der Waals surface area contributed by atoms with Gasteiger partial charge in [0.2, 0.25) is 5.89 Å². The van der Waals surface area contributed by atoms with Gasteiger partial charge in [0.1, 0.15) is 0 Å². The van der Waals surface area contributed by atoms with E-state index in [4.69, 9.17) is 16.1 Å². The molecular formula is C20H24ClN5OS. The molecule has 1 fully saturated rings. The molecule has 0 radical (unpaired) electrons. The Labute approximate surface area is 174 Å². The van der Waals surface area contributed by atoms with Gasteiger partial charge < -0.3 is 9.09 Å². The summed E-state index contributed by atoms with van der Waals surface area (Å²) in [5.74, 6) is 3.48. The van der Waals surface area contributed by atoms with Crippen LogP contribution in [-0.4, -0.2) is 24.9 Å². The molecule has 1 saturated carbocycles. The number of halogens is 1. The summed E-state index contributed by atoms with van der Waals surface area (Å²) in [7, 11) is 0. The highest BCUT2D eigenvalue weighted by atomic mass is 35.5. The Morgan fingerprint density at radius 1 is 1.14 bits per heavy atom. The molecule has 3 aromatic rings. The second-order valence-electron chi connectivity index (χ2n) is 7.14. The van der Waals surface area contributed by atoms with Crippen molar-refractivity contribution in [3.8, 4) is 11.4 Å². The number of rotatable bonds is 10. The van der Waals surface area contributed by atoms with Gasteiger partial charge in [-0.1, -0.05) is 54.7 Å². The smallest absolute Gasteiger partial charge is 0.229 e. The molecule has 28 heavy (non-hydrogen) atoms. The SMILES string of the molecule is CCCCCCn1c(SCc2noc(C3CC3)n2)nnc1-c1ccc(Cl)cc1. The highest BCUT2D eigenvalue weighted by molar-refractivity contribution is 7.98. The third-order valence-corrected chi connectivity index (χ3v) is 6.01. The lowest BCUT2D eigenvalue weighted by molar-refractivity contribution is 0.375. The van der Waals surface area contributed by atoms with E-state index < -0.39 is 0 Å². The summed E-state index contributed by atoms with van der Waals surface area (Å²) in [6, 6.07) is 7.76. The quantitative estimate of drug-likeness (QED) is 0.310. The average molecular weight is 418 g/mol. The fourth-order valence-electron chi connectivity index (χ4n) is 3.06. The Bertz CT molecular complexity index is 904. The molecule has 1 aliphatic rings. The van der Waals surface area contributed by atoms with Gasteiger partial charge >= 0.3 is 0 Å². The largest absolute Gasteiger partial charge is 0.339 e. The predicted octanol–water partition coefficient (Wildman–Crippen LogP) is 5.73. The van der Waals surface area contributed by atoms with Crippen LogP contribution in [0.2, 0.25) is 5.02 Å². The van der Waals surface area contributed by atoms with Crippen molar-refractivity contribution in [1.29, 1.82) is 0 Å². The molecule has 148 valence electrons. The number of benzene rings is 1. The van der Waals surface area contributed by atoms with Crippen LogP contribution in [0.3, 0.4) is 0 Å². The van der Waals surface area contributed by atoms with Crippen molar-refractivity contribution in [2.24, 2.45) is 0 Å². The van der Waals surface area contributed by atoms with E-state index in [9.17, 15) is 0 Å². The van der Waals surface area contributed by atoms with Crippen LogP contribution in [0.4, 0.5) is 0 Å². The van der Waals surface area contributed by atoms with E-state index in [1.54, 1.807) is 11.8 Å². The summed E-state index contributed by atoms with van der Waals surface area (Å²) in [6.45, 7) is 3.12. The van der Waals surface area contributed by atoms with E-state index in [2.05, 4.69) is 31.8 Å². The van der Waals surface area contributed by atoms with Gasteiger partial charge in [-0.15, -0.1) is 10.2 Å². The monoisotopic (exact) mass is 417 g/mol. The fourth-order valence-corrected chi connectivity index (χ4v) is 3.99. The van der Waals surface area contributed by atoms with E-state index in [-0.39, 0.29) is 0 Å². The first-order valence-electron chi connectivity index (χ1n) is 9.89. The molecule has 2 aromatic heterocycles. The summed E-state index contributed by atoms with van der Waals surface area (Å²) in [4.78, 5) is 4.51. The molecule has 6 nitrogen and oxygen atoms in total. The minimum absolute atomic E-state index is 0.477. The van der Waals surface area contributed by atoms with Crippen molar-refractivity contribution in [2.45, 2.75) is 68.8 Å². The number of unbranched alkanes of at least 4 members (excludes halogenated alkanes) is 3. The van der Waals surface area contributed by atoms with Gasteiger partial charge in [0.05, 0.1) is 5.75 Å². The third kappa shape index (κ3) is 4.75.